The summed E-state index contributed by atoms with van der Waals surface area (Å²) in [5.41, 5.74) is 1.24. The van der Waals surface area contributed by atoms with Gasteiger partial charge in [0.25, 0.3) is 0 Å². The zero-order valence-electron chi connectivity index (χ0n) is 11.0. The zero-order chi connectivity index (χ0) is 12.8. The van der Waals surface area contributed by atoms with Crippen LogP contribution < -0.4 is 5.32 Å². The monoisotopic (exact) mass is 251 g/mol. The molecule has 2 nitrogen and oxygen atoms in total. The Morgan fingerprint density at radius 1 is 1.29 bits per heavy atom. The summed E-state index contributed by atoms with van der Waals surface area (Å²) in [6.07, 6.45) is 0.966. The van der Waals surface area contributed by atoms with E-state index in [4.69, 9.17) is 0 Å². The minimum atomic E-state index is -0.0493. The fourth-order valence-corrected chi connectivity index (χ4v) is 2.21. The molecule has 0 heterocycles. The topological polar surface area (TPSA) is 29.1 Å². The van der Waals surface area contributed by atoms with Gasteiger partial charge in [-0.25, -0.2) is 0 Å². The van der Waals surface area contributed by atoms with Crippen LogP contribution in [0, 0.1) is 6.92 Å². The van der Waals surface area contributed by atoms with Crippen molar-refractivity contribution in [1.29, 1.82) is 0 Å². The summed E-state index contributed by atoms with van der Waals surface area (Å²) >= 11 is 1.60. The van der Waals surface area contributed by atoms with Gasteiger partial charge < -0.3 is 5.32 Å². The summed E-state index contributed by atoms with van der Waals surface area (Å²) in [4.78, 5) is 13.0. The number of carbonyl (C=O) groups excluding carboxylic acids is 1. The molecule has 2 atom stereocenters. The molecule has 0 saturated carbocycles. The molecule has 0 spiro atoms. The minimum absolute atomic E-state index is 0.0493. The van der Waals surface area contributed by atoms with Gasteiger partial charge in [-0.2, -0.15) is 0 Å². The SMILES string of the molecule is CCC(C)NC(=O)C(C)Sc1ccc(C)cc1. The number of benzene rings is 1. The molecule has 17 heavy (non-hydrogen) atoms. The fraction of sp³-hybridized carbons (Fsp3) is 0.500. The maximum Gasteiger partial charge on any atom is 0.233 e. The average molecular weight is 251 g/mol. The maximum absolute atomic E-state index is 11.9. The van der Waals surface area contributed by atoms with Crippen molar-refractivity contribution in [2.45, 2.75) is 50.3 Å². The van der Waals surface area contributed by atoms with E-state index >= 15 is 0 Å². The Labute approximate surface area is 108 Å². The van der Waals surface area contributed by atoms with Gasteiger partial charge in [-0.3, -0.25) is 4.79 Å². The first kappa shape index (κ1) is 14.1. The van der Waals surface area contributed by atoms with Crippen molar-refractivity contribution in [1.82, 2.24) is 5.32 Å². The molecule has 1 rings (SSSR count). The first-order valence-electron chi connectivity index (χ1n) is 6.06. The molecule has 1 aromatic rings. The van der Waals surface area contributed by atoms with Crippen LogP contribution in [0.2, 0.25) is 0 Å². The molecular weight excluding hydrogens is 230 g/mol. The van der Waals surface area contributed by atoms with Gasteiger partial charge in [0.15, 0.2) is 0 Å². The van der Waals surface area contributed by atoms with Crippen molar-refractivity contribution < 1.29 is 4.79 Å². The Morgan fingerprint density at radius 2 is 1.88 bits per heavy atom. The number of rotatable bonds is 5. The first-order valence-corrected chi connectivity index (χ1v) is 6.94. The largest absolute Gasteiger partial charge is 0.353 e. The fourth-order valence-electron chi connectivity index (χ4n) is 1.34. The van der Waals surface area contributed by atoms with Crippen molar-refractivity contribution in [3.8, 4) is 0 Å². The van der Waals surface area contributed by atoms with E-state index < -0.39 is 0 Å². The van der Waals surface area contributed by atoms with Crippen LogP contribution in [-0.2, 0) is 4.79 Å². The molecule has 0 aliphatic heterocycles. The van der Waals surface area contributed by atoms with Crippen LogP contribution in [0.3, 0.4) is 0 Å². The second-order valence-electron chi connectivity index (χ2n) is 4.39. The lowest BCUT2D eigenvalue weighted by Crippen LogP contribution is -2.37. The maximum atomic E-state index is 11.9. The summed E-state index contributed by atoms with van der Waals surface area (Å²) in [7, 11) is 0. The van der Waals surface area contributed by atoms with Gasteiger partial charge in [-0.1, -0.05) is 24.6 Å². The highest BCUT2D eigenvalue weighted by atomic mass is 32.2. The Hall–Kier alpha value is -0.960. The van der Waals surface area contributed by atoms with E-state index in [0.717, 1.165) is 11.3 Å². The number of thioether (sulfide) groups is 1. The first-order chi connectivity index (χ1) is 8.02. The van der Waals surface area contributed by atoms with Crippen molar-refractivity contribution in [3.05, 3.63) is 29.8 Å². The molecule has 0 aliphatic carbocycles. The van der Waals surface area contributed by atoms with E-state index in [1.54, 1.807) is 11.8 Å². The molecule has 0 aliphatic rings. The Balaban J connectivity index is 2.51. The molecule has 94 valence electrons. The second-order valence-corrected chi connectivity index (χ2v) is 5.81. The van der Waals surface area contributed by atoms with Crippen LogP contribution >= 0.6 is 11.8 Å². The van der Waals surface area contributed by atoms with Crippen LogP contribution in [0.25, 0.3) is 0 Å². The predicted octanol–water partition coefficient (Wildman–Crippen LogP) is 3.39. The van der Waals surface area contributed by atoms with E-state index in [-0.39, 0.29) is 17.2 Å². The van der Waals surface area contributed by atoms with Gasteiger partial charge >= 0.3 is 0 Å². The van der Waals surface area contributed by atoms with Crippen LogP contribution in [0.5, 0.6) is 0 Å². The molecule has 0 aromatic heterocycles. The van der Waals surface area contributed by atoms with Crippen LogP contribution in [0.4, 0.5) is 0 Å². The minimum Gasteiger partial charge on any atom is -0.353 e. The summed E-state index contributed by atoms with van der Waals surface area (Å²) in [6.45, 7) is 8.11. The van der Waals surface area contributed by atoms with E-state index in [9.17, 15) is 4.79 Å². The third kappa shape index (κ3) is 4.82. The molecule has 1 aromatic carbocycles. The molecular formula is C14H21NOS. The van der Waals surface area contributed by atoms with Crippen molar-refractivity contribution in [2.24, 2.45) is 0 Å². The molecule has 3 heteroatoms. The Morgan fingerprint density at radius 3 is 2.41 bits per heavy atom. The highest BCUT2D eigenvalue weighted by Crippen LogP contribution is 2.23. The van der Waals surface area contributed by atoms with Crippen LogP contribution in [0.15, 0.2) is 29.2 Å². The van der Waals surface area contributed by atoms with E-state index in [2.05, 4.69) is 43.4 Å². The summed E-state index contributed by atoms with van der Waals surface area (Å²) in [6, 6.07) is 8.52. The lowest BCUT2D eigenvalue weighted by atomic mass is 10.2. The number of carbonyl (C=O) groups is 1. The van der Waals surface area contributed by atoms with Gasteiger partial charge in [-0.05, 0) is 39.3 Å². The average Bonchev–Trinajstić information content (AvgIpc) is 2.31. The highest BCUT2D eigenvalue weighted by Gasteiger charge is 2.15. The highest BCUT2D eigenvalue weighted by molar-refractivity contribution is 8.00. The smallest absolute Gasteiger partial charge is 0.233 e. The number of amides is 1. The van der Waals surface area contributed by atoms with Crippen molar-refractivity contribution in [3.63, 3.8) is 0 Å². The molecule has 0 radical (unpaired) electrons. The molecule has 1 N–H and O–H groups in total. The lowest BCUT2D eigenvalue weighted by Gasteiger charge is -2.16. The van der Waals surface area contributed by atoms with E-state index in [0.29, 0.717) is 0 Å². The molecule has 0 saturated heterocycles. The van der Waals surface area contributed by atoms with Gasteiger partial charge in [0, 0.05) is 10.9 Å². The predicted molar refractivity (Wildman–Crippen MR) is 74.4 cm³/mol. The summed E-state index contributed by atoms with van der Waals surface area (Å²) < 4.78 is 0. The third-order valence-corrected chi connectivity index (χ3v) is 3.82. The standard InChI is InChI=1S/C14H21NOS/c1-5-11(3)15-14(16)12(4)17-13-8-6-10(2)7-9-13/h6-9,11-12H,5H2,1-4H3,(H,15,16). The Bertz CT molecular complexity index is 361. The van der Waals surface area contributed by atoms with Gasteiger partial charge in [0.1, 0.15) is 0 Å². The van der Waals surface area contributed by atoms with Gasteiger partial charge in [0.05, 0.1) is 5.25 Å². The Kier molecular flexibility index (Phi) is 5.56. The number of hydrogen-bond donors (Lipinski definition) is 1. The number of nitrogens with one attached hydrogen (secondary N) is 1. The van der Waals surface area contributed by atoms with E-state index in [1.807, 2.05) is 13.8 Å². The van der Waals surface area contributed by atoms with Crippen LogP contribution in [-0.4, -0.2) is 17.2 Å². The van der Waals surface area contributed by atoms with Crippen molar-refractivity contribution in [2.75, 3.05) is 0 Å². The quantitative estimate of drug-likeness (QED) is 0.813. The zero-order valence-corrected chi connectivity index (χ0v) is 11.8. The lowest BCUT2D eigenvalue weighted by molar-refractivity contribution is -0.120. The van der Waals surface area contributed by atoms with E-state index in [1.165, 1.54) is 5.56 Å². The molecule has 2 unspecified atom stereocenters. The summed E-state index contributed by atoms with van der Waals surface area (Å²) in [5, 5.41) is 2.95. The number of aryl methyl sites for hydroxylation is 1. The molecule has 1 amide bonds. The van der Waals surface area contributed by atoms with Crippen LogP contribution in [0.1, 0.15) is 32.8 Å². The van der Waals surface area contributed by atoms with Crippen molar-refractivity contribution >= 4 is 17.7 Å². The third-order valence-electron chi connectivity index (χ3n) is 2.70. The second kappa shape index (κ2) is 6.70. The normalized spacial score (nSPS) is 14.1. The van der Waals surface area contributed by atoms with Gasteiger partial charge in [-0.15, -0.1) is 11.8 Å². The summed E-state index contributed by atoms with van der Waals surface area (Å²) in [5.74, 6) is 0.116. The van der Waals surface area contributed by atoms with Gasteiger partial charge in [0.2, 0.25) is 5.91 Å². The number of hydrogen-bond acceptors (Lipinski definition) is 2. The molecule has 0 fully saturated rings. The molecule has 0 bridgehead atoms.